The fourth-order valence-corrected chi connectivity index (χ4v) is 4.98. The van der Waals surface area contributed by atoms with E-state index < -0.39 is 5.60 Å². The van der Waals surface area contributed by atoms with Crippen molar-refractivity contribution in [2.75, 3.05) is 10.6 Å². The molecule has 2 N–H and O–H groups in total. The average molecular weight is 519 g/mol. The monoisotopic (exact) mass is 518 g/mol. The molecule has 6 aromatic carbocycles. The van der Waals surface area contributed by atoms with Crippen LogP contribution < -0.4 is 15.4 Å². The van der Waals surface area contributed by atoms with Gasteiger partial charge in [0.05, 0.1) is 0 Å². The maximum atomic E-state index is 6.48. The lowest BCUT2D eigenvalue weighted by Gasteiger charge is -2.26. The van der Waals surface area contributed by atoms with Crippen LogP contribution in [-0.4, -0.2) is 0 Å². The largest absolute Gasteiger partial charge is 0.471 e. The normalized spacial score (nSPS) is 12.2. The molecule has 0 aliphatic rings. The van der Waals surface area contributed by atoms with Gasteiger partial charge in [-0.25, -0.2) is 0 Å². The van der Waals surface area contributed by atoms with Crippen molar-refractivity contribution in [1.82, 2.24) is 0 Å². The summed E-state index contributed by atoms with van der Waals surface area (Å²) in [7, 11) is 0. The van der Waals surface area contributed by atoms with E-state index in [0.717, 1.165) is 34.1 Å². The molecule has 0 saturated heterocycles. The number of rotatable bonds is 7. The SMILES string of the molecule is CC#CC(C)(Oc1ccc(Nc2ccc3ccccc3c2)cc1)c1ccc(Nc2ccc3ccccc3c2)cc1. The predicted molar refractivity (Wildman–Crippen MR) is 169 cm³/mol. The lowest BCUT2D eigenvalue weighted by molar-refractivity contribution is 0.152. The number of nitrogens with one attached hydrogen (secondary N) is 2. The Labute approximate surface area is 235 Å². The van der Waals surface area contributed by atoms with E-state index in [9.17, 15) is 0 Å². The van der Waals surface area contributed by atoms with E-state index in [2.05, 4.69) is 132 Å². The molecule has 0 aliphatic heterocycles. The Morgan fingerprint density at radius 2 is 0.975 bits per heavy atom. The first-order valence-electron chi connectivity index (χ1n) is 13.4. The smallest absolute Gasteiger partial charge is 0.191 e. The van der Waals surface area contributed by atoms with Crippen molar-refractivity contribution in [1.29, 1.82) is 0 Å². The molecular weight excluding hydrogens is 488 g/mol. The Bertz CT molecular complexity index is 1850. The van der Waals surface area contributed by atoms with Gasteiger partial charge in [0.25, 0.3) is 0 Å². The molecule has 0 aliphatic carbocycles. The Kier molecular flexibility index (Phi) is 6.83. The van der Waals surface area contributed by atoms with Crippen LogP contribution in [0.3, 0.4) is 0 Å². The summed E-state index contributed by atoms with van der Waals surface area (Å²) in [5, 5.41) is 11.9. The van der Waals surface area contributed by atoms with E-state index in [1.165, 1.54) is 21.5 Å². The maximum Gasteiger partial charge on any atom is 0.191 e. The molecule has 0 bridgehead atoms. The summed E-state index contributed by atoms with van der Waals surface area (Å²) >= 11 is 0. The minimum atomic E-state index is -0.788. The Balaban J connectivity index is 1.16. The van der Waals surface area contributed by atoms with Crippen molar-refractivity contribution in [3.8, 4) is 17.6 Å². The first-order valence-corrected chi connectivity index (χ1v) is 13.4. The number of fused-ring (bicyclic) bond motifs is 2. The molecule has 6 aromatic rings. The van der Waals surface area contributed by atoms with Crippen molar-refractivity contribution in [3.63, 3.8) is 0 Å². The molecule has 6 rings (SSSR count). The highest BCUT2D eigenvalue weighted by molar-refractivity contribution is 5.87. The molecule has 0 heterocycles. The molecule has 0 saturated carbocycles. The van der Waals surface area contributed by atoms with Crippen molar-refractivity contribution < 1.29 is 4.74 Å². The summed E-state index contributed by atoms with van der Waals surface area (Å²) in [4.78, 5) is 0. The standard InChI is InChI=1S/C37H30N2O/c1-3-24-37(2,31-14-18-32(19-15-31)38-34-16-12-27-8-4-6-10-29(27)25-34)40-36-22-20-33(21-23-36)39-35-17-13-28-9-5-7-11-30(28)26-35/h4-23,25-26,38-39H,1-2H3. The van der Waals surface area contributed by atoms with Gasteiger partial charge in [0.2, 0.25) is 0 Å². The van der Waals surface area contributed by atoms with Gasteiger partial charge in [0.1, 0.15) is 5.75 Å². The number of ether oxygens (including phenoxy) is 1. The second-order valence-corrected chi connectivity index (χ2v) is 9.99. The van der Waals surface area contributed by atoms with E-state index in [4.69, 9.17) is 4.74 Å². The summed E-state index contributed by atoms with van der Waals surface area (Å²) in [6, 6.07) is 45.8. The summed E-state index contributed by atoms with van der Waals surface area (Å²) in [6.45, 7) is 3.85. The van der Waals surface area contributed by atoms with Gasteiger partial charge in [-0.05, 0) is 96.1 Å². The minimum Gasteiger partial charge on any atom is -0.471 e. The van der Waals surface area contributed by atoms with Crippen molar-refractivity contribution >= 4 is 44.3 Å². The van der Waals surface area contributed by atoms with E-state index in [1.54, 1.807) is 0 Å². The van der Waals surface area contributed by atoms with Gasteiger partial charge in [-0.3, -0.25) is 0 Å². The third-order valence-corrected chi connectivity index (χ3v) is 7.05. The fourth-order valence-electron chi connectivity index (χ4n) is 4.98. The van der Waals surface area contributed by atoms with Crippen LogP contribution in [0.2, 0.25) is 0 Å². The second-order valence-electron chi connectivity index (χ2n) is 9.99. The van der Waals surface area contributed by atoms with Crippen LogP contribution in [0.5, 0.6) is 5.75 Å². The molecule has 0 amide bonds. The lowest BCUT2D eigenvalue weighted by Crippen LogP contribution is -2.27. The fraction of sp³-hybridized carbons (Fsp3) is 0.0811. The first-order chi connectivity index (χ1) is 19.6. The van der Waals surface area contributed by atoms with Gasteiger partial charge in [0.15, 0.2) is 5.60 Å². The summed E-state index contributed by atoms with van der Waals surface area (Å²) in [6.07, 6.45) is 0. The van der Waals surface area contributed by atoms with E-state index in [0.29, 0.717) is 0 Å². The van der Waals surface area contributed by atoms with Crippen LogP contribution in [0.4, 0.5) is 22.7 Å². The molecule has 0 fully saturated rings. The van der Waals surface area contributed by atoms with E-state index >= 15 is 0 Å². The Morgan fingerprint density at radius 3 is 1.48 bits per heavy atom. The van der Waals surface area contributed by atoms with E-state index in [1.807, 2.05) is 38.1 Å². The Hall–Kier alpha value is -5.20. The zero-order valence-corrected chi connectivity index (χ0v) is 22.6. The van der Waals surface area contributed by atoms with Crippen molar-refractivity contribution in [3.05, 3.63) is 139 Å². The van der Waals surface area contributed by atoms with Crippen molar-refractivity contribution in [2.24, 2.45) is 0 Å². The van der Waals surface area contributed by atoms with Gasteiger partial charge >= 0.3 is 0 Å². The zero-order chi connectivity index (χ0) is 27.4. The summed E-state index contributed by atoms with van der Waals surface area (Å²) in [5.74, 6) is 7.09. The van der Waals surface area contributed by atoms with Crippen LogP contribution in [0.25, 0.3) is 21.5 Å². The van der Waals surface area contributed by atoms with Gasteiger partial charge in [-0.1, -0.05) is 78.7 Å². The Morgan fingerprint density at radius 1 is 0.525 bits per heavy atom. The summed E-state index contributed by atoms with van der Waals surface area (Å²) in [5.41, 5.74) is 4.31. The minimum absolute atomic E-state index is 0.757. The van der Waals surface area contributed by atoms with Gasteiger partial charge in [-0.2, -0.15) is 0 Å². The number of hydrogen-bond donors (Lipinski definition) is 2. The first kappa shape index (κ1) is 25.1. The second kappa shape index (κ2) is 10.9. The van der Waals surface area contributed by atoms with Crippen LogP contribution >= 0.6 is 0 Å². The molecule has 0 radical (unpaired) electrons. The molecular formula is C37H30N2O. The van der Waals surface area contributed by atoms with Gasteiger partial charge < -0.3 is 15.4 Å². The van der Waals surface area contributed by atoms with Crippen LogP contribution in [-0.2, 0) is 5.60 Å². The third-order valence-electron chi connectivity index (χ3n) is 7.05. The average Bonchev–Trinajstić information content (AvgIpc) is 2.98. The lowest BCUT2D eigenvalue weighted by atomic mass is 9.95. The van der Waals surface area contributed by atoms with Crippen LogP contribution in [0, 0.1) is 11.8 Å². The molecule has 3 nitrogen and oxygen atoms in total. The number of benzene rings is 6. The number of hydrogen-bond acceptors (Lipinski definition) is 3. The van der Waals surface area contributed by atoms with E-state index in [-0.39, 0.29) is 0 Å². The highest BCUT2D eigenvalue weighted by atomic mass is 16.5. The molecule has 194 valence electrons. The number of anilines is 4. The molecule has 3 heteroatoms. The maximum absolute atomic E-state index is 6.48. The topological polar surface area (TPSA) is 33.3 Å². The van der Waals surface area contributed by atoms with Gasteiger partial charge in [0, 0.05) is 28.3 Å². The van der Waals surface area contributed by atoms with Crippen molar-refractivity contribution in [2.45, 2.75) is 19.4 Å². The molecule has 0 aromatic heterocycles. The molecule has 1 unspecified atom stereocenters. The molecule has 40 heavy (non-hydrogen) atoms. The molecule has 0 spiro atoms. The molecule has 1 atom stereocenters. The highest BCUT2D eigenvalue weighted by Gasteiger charge is 2.26. The highest BCUT2D eigenvalue weighted by Crippen LogP contribution is 2.31. The van der Waals surface area contributed by atoms with Gasteiger partial charge in [-0.15, -0.1) is 5.92 Å². The van der Waals surface area contributed by atoms with Crippen LogP contribution in [0.15, 0.2) is 133 Å². The quantitative estimate of drug-likeness (QED) is 0.206. The predicted octanol–water partition coefficient (Wildman–Crippen LogP) is 9.80. The van der Waals surface area contributed by atoms with Crippen LogP contribution in [0.1, 0.15) is 19.4 Å². The zero-order valence-electron chi connectivity index (χ0n) is 22.6. The summed E-state index contributed by atoms with van der Waals surface area (Å²) < 4.78 is 6.48. The third kappa shape index (κ3) is 5.48.